The van der Waals surface area contributed by atoms with E-state index >= 15 is 0 Å². The van der Waals surface area contributed by atoms with E-state index in [0.717, 1.165) is 37.0 Å². The molecule has 1 amide bonds. The SMILES string of the molecule is CCN(CC)c1nc(N)c(C(=O)NC2CCC(C)CC2)s1. The number of rotatable bonds is 5. The minimum Gasteiger partial charge on any atom is -0.382 e. The van der Waals surface area contributed by atoms with Gasteiger partial charge >= 0.3 is 0 Å². The minimum absolute atomic E-state index is 0.0667. The zero-order chi connectivity index (χ0) is 15.4. The third-order valence-corrected chi connectivity index (χ3v) is 5.36. The molecule has 1 aromatic heterocycles. The van der Waals surface area contributed by atoms with Crippen LogP contribution in [0.4, 0.5) is 10.9 Å². The van der Waals surface area contributed by atoms with Gasteiger partial charge < -0.3 is 16.0 Å². The summed E-state index contributed by atoms with van der Waals surface area (Å²) in [6.45, 7) is 8.15. The van der Waals surface area contributed by atoms with E-state index in [2.05, 4.69) is 36.0 Å². The molecule has 0 saturated heterocycles. The quantitative estimate of drug-likeness (QED) is 0.877. The molecule has 21 heavy (non-hydrogen) atoms. The molecule has 0 unspecified atom stereocenters. The number of nitrogens with one attached hydrogen (secondary N) is 1. The van der Waals surface area contributed by atoms with Crippen LogP contribution in [0, 0.1) is 5.92 Å². The van der Waals surface area contributed by atoms with Crippen molar-refractivity contribution in [1.29, 1.82) is 0 Å². The van der Waals surface area contributed by atoms with E-state index in [9.17, 15) is 4.79 Å². The number of nitrogen functional groups attached to an aromatic ring is 1. The van der Waals surface area contributed by atoms with E-state index in [1.807, 2.05) is 0 Å². The Morgan fingerprint density at radius 1 is 1.33 bits per heavy atom. The van der Waals surface area contributed by atoms with Gasteiger partial charge in [-0.1, -0.05) is 18.3 Å². The number of carbonyl (C=O) groups excluding carboxylic acids is 1. The number of hydrogen-bond acceptors (Lipinski definition) is 5. The molecular formula is C15H26N4OS. The Morgan fingerprint density at radius 3 is 2.52 bits per heavy atom. The van der Waals surface area contributed by atoms with Crippen LogP contribution in [0.2, 0.25) is 0 Å². The number of amides is 1. The van der Waals surface area contributed by atoms with Crippen LogP contribution in [0.15, 0.2) is 0 Å². The molecule has 1 aliphatic rings. The lowest BCUT2D eigenvalue weighted by atomic mass is 9.87. The van der Waals surface area contributed by atoms with Crippen molar-refractivity contribution in [2.75, 3.05) is 23.7 Å². The maximum Gasteiger partial charge on any atom is 0.265 e. The number of carbonyl (C=O) groups is 1. The lowest BCUT2D eigenvalue weighted by molar-refractivity contribution is 0.0928. The molecule has 0 spiro atoms. The second-order valence-corrected chi connectivity index (χ2v) is 6.79. The Balaban J connectivity index is 2.02. The summed E-state index contributed by atoms with van der Waals surface area (Å²) < 4.78 is 0. The van der Waals surface area contributed by atoms with Gasteiger partial charge in [-0.15, -0.1) is 0 Å². The Labute approximate surface area is 130 Å². The van der Waals surface area contributed by atoms with Crippen LogP contribution >= 0.6 is 11.3 Å². The van der Waals surface area contributed by atoms with Crippen molar-refractivity contribution in [2.45, 2.75) is 52.5 Å². The summed E-state index contributed by atoms with van der Waals surface area (Å²) in [5.41, 5.74) is 5.93. The molecule has 1 aromatic rings. The van der Waals surface area contributed by atoms with Crippen molar-refractivity contribution in [1.82, 2.24) is 10.3 Å². The van der Waals surface area contributed by atoms with Gasteiger partial charge in [0.1, 0.15) is 10.7 Å². The average molecular weight is 310 g/mol. The molecule has 0 aromatic carbocycles. The van der Waals surface area contributed by atoms with Crippen molar-refractivity contribution < 1.29 is 4.79 Å². The summed E-state index contributed by atoms with van der Waals surface area (Å²) in [6.07, 6.45) is 4.50. The van der Waals surface area contributed by atoms with Crippen molar-refractivity contribution in [2.24, 2.45) is 5.92 Å². The maximum absolute atomic E-state index is 12.4. The van der Waals surface area contributed by atoms with E-state index in [1.165, 1.54) is 24.2 Å². The number of aromatic nitrogens is 1. The van der Waals surface area contributed by atoms with Crippen molar-refractivity contribution in [3.05, 3.63) is 4.88 Å². The van der Waals surface area contributed by atoms with Crippen LogP contribution in [-0.2, 0) is 0 Å². The molecule has 3 N–H and O–H groups in total. The Morgan fingerprint density at radius 2 is 1.95 bits per heavy atom. The second kappa shape index (κ2) is 7.11. The first kappa shape index (κ1) is 16.1. The highest BCUT2D eigenvalue weighted by Gasteiger charge is 2.23. The first-order valence-corrected chi connectivity index (χ1v) is 8.68. The number of nitrogens with zero attached hydrogens (tertiary/aromatic N) is 2. The van der Waals surface area contributed by atoms with Gasteiger partial charge in [0.25, 0.3) is 5.91 Å². The van der Waals surface area contributed by atoms with Gasteiger partial charge in [-0.05, 0) is 45.4 Å². The van der Waals surface area contributed by atoms with E-state index in [0.29, 0.717) is 10.7 Å². The zero-order valence-electron chi connectivity index (χ0n) is 13.2. The van der Waals surface area contributed by atoms with Gasteiger partial charge in [-0.25, -0.2) is 4.98 Å². The predicted molar refractivity (Wildman–Crippen MR) is 89.0 cm³/mol. The molecule has 6 heteroatoms. The first-order chi connectivity index (χ1) is 10.0. The number of thiazole rings is 1. The van der Waals surface area contributed by atoms with E-state index in [-0.39, 0.29) is 11.9 Å². The molecule has 1 heterocycles. The van der Waals surface area contributed by atoms with Crippen LogP contribution in [0.25, 0.3) is 0 Å². The number of nitrogens with two attached hydrogens (primary N) is 1. The fraction of sp³-hybridized carbons (Fsp3) is 0.733. The third-order valence-electron chi connectivity index (χ3n) is 4.23. The molecule has 0 aliphatic heterocycles. The Hall–Kier alpha value is -1.30. The number of hydrogen-bond donors (Lipinski definition) is 2. The van der Waals surface area contributed by atoms with Crippen LogP contribution < -0.4 is 16.0 Å². The summed E-state index contributed by atoms with van der Waals surface area (Å²) >= 11 is 1.39. The third kappa shape index (κ3) is 3.87. The van der Waals surface area contributed by atoms with Crippen LogP contribution in [0.5, 0.6) is 0 Å². The fourth-order valence-electron chi connectivity index (χ4n) is 2.77. The van der Waals surface area contributed by atoms with Gasteiger partial charge in [0.15, 0.2) is 5.13 Å². The molecule has 5 nitrogen and oxygen atoms in total. The molecule has 1 fully saturated rings. The highest BCUT2D eigenvalue weighted by molar-refractivity contribution is 7.18. The van der Waals surface area contributed by atoms with Crippen molar-refractivity contribution in [3.8, 4) is 0 Å². The smallest absolute Gasteiger partial charge is 0.265 e. The average Bonchev–Trinajstić information content (AvgIpc) is 2.85. The summed E-state index contributed by atoms with van der Waals surface area (Å²) in [5.74, 6) is 1.06. The summed E-state index contributed by atoms with van der Waals surface area (Å²) in [5, 5.41) is 3.95. The van der Waals surface area contributed by atoms with Gasteiger partial charge in [-0.3, -0.25) is 4.79 Å². The summed E-state index contributed by atoms with van der Waals surface area (Å²) in [6, 6.07) is 0.284. The Bertz CT molecular complexity index is 476. The zero-order valence-corrected chi connectivity index (χ0v) is 14.0. The molecule has 0 atom stereocenters. The molecule has 0 bridgehead atoms. The summed E-state index contributed by atoms with van der Waals surface area (Å²) in [7, 11) is 0. The highest BCUT2D eigenvalue weighted by Crippen LogP contribution is 2.29. The van der Waals surface area contributed by atoms with Crippen LogP contribution in [-0.4, -0.2) is 30.0 Å². The molecule has 1 saturated carbocycles. The van der Waals surface area contributed by atoms with Gasteiger partial charge in [0.2, 0.25) is 0 Å². The molecule has 0 radical (unpaired) electrons. The fourth-order valence-corrected chi connectivity index (χ4v) is 3.78. The lowest BCUT2D eigenvalue weighted by Gasteiger charge is -2.26. The van der Waals surface area contributed by atoms with Gasteiger partial charge in [0, 0.05) is 19.1 Å². The Kier molecular flexibility index (Phi) is 5.45. The van der Waals surface area contributed by atoms with Crippen molar-refractivity contribution in [3.63, 3.8) is 0 Å². The topological polar surface area (TPSA) is 71.2 Å². The standard InChI is InChI=1S/C15H26N4OS/c1-4-19(5-2)15-18-13(16)12(21-15)14(20)17-11-8-6-10(3)7-9-11/h10-11H,4-9,16H2,1-3H3,(H,17,20). The van der Waals surface area contributed by atoms with Crippen molar-refractivity contribution >= 4 is 28.2 Å². The normalized spacial score (nSPS) is 22.0. The lowest BCUT2D eigenvalue weighted by Crippen LogP contribution is -2.37. The largest absolute Gasteiger partial charge is 0.382 e. The van der Waals surface area contributed by atoms with E-state index < -0.39 is 0 Å². The molecule has 2 rings (SSSR count). The van der Waals surface area contributed by atoms with E-state index in [4.69, 9.17) is 5.73 Å². The number of anilines is 2. The van der Waals surface area contributed by atoms with Crippen LogP contribution in [0.1, 0.15) is 56.1 Å². The van der Waals surface area contributed by atoms with Crippen LogP contribution in [0.3, 0.4) is 0 Å². The van der Waals surface area contributed by atoms with E-state index in [1.54, 1.807) is 0 Å². The highest BCUT2D eigenvalue weighted by atomic mass is 32.1. The first-order valence-electron chi connectivity index (χ1n) is 7.87. The van der Waals surface area contributed by atoms with Gasteiger partial charge in [-0.2, -0.15) is 0 Å². The predicted octanol–water partition coefficient (Wildman–Crippen LogP) is 2.88. The maximum atomic E-state index is 12.4. The monoisotopic (exact) mass is 310 g/mol. The second-order valence-electron chi connectivity index (χ2n) is 5.81. The molecular weight excluding hydrogens is 284 g/mol. The van der Waals surface area contributed by atoms with Gasteiger partial charge in [0.05, 0.1) is 0 Å². The molecule has 118 valence electrons. The summed E-state index contributed by atoms with van der Waals surface area (Å²) in [4.78, 5) is 19.4. The molecule has 1 aliphatic carbocycles. The minimum atomic E-state index is -0.0667.